The lowest BCUT2D eigenvalue weighted by Gasteiger charge is -2.33. The van der Waals surface area contributed by atoms with Gasteiger partial charge in [0.1, 0.15) is 5.75 Å². The van der Waals surface area contributed by atoms with Crippen molar-refractivity contribution in [2.45, 2.75) is 5.92 Å². The highest BCUT2D eigenvalue weighted by Gasteiger charge is 2.32. The van der Waals surface area contributed by atoms with Gasteiger partial charge in [-0.2, -0.15) is 0 Å². The topological polar surface area (TPSA) is 48.0 Å². The number of fused-ring (bicyclic) bond motifs is 1. The van der Waals surface area contributed by atoms with Gasteiger partial charge < -0.3 is 19.1 Å². The second kappa shape index (κ2) is 6.43. The van der Waals surface area contributed by atoms with Crippen LogP contribution in [0.2, 0.25) is 0 Å². The molecule has 0 aromatic heterocycles. The molecule has 1 heterocycles. The molecule has 1 atom stereocenters. The van der Waals surface area contributed by atoms with Gasteiger partial charge in [-0.25, -0.2) is 0 Å². The molecule has 0 saturated heterocycles. The molecule has 0 bridgehead atoms. The van der Waals surface area contributed by atoms with E-state index in [0.29, 0.717) is 23.6 Å². The average molecular weight is 327 g/mol. The van der Waals surface area contributed by atoms with Gasteiger partial charge in [0.25, 0.3) is 5.91 Å². The Morgan fingerprint density at radius 2 is 1.58 bits per heavy atom. The van der Waals surface area contributed by atoms with Crippen LogP contribution in [0.3, 0.4) is 0 Å². The molecule has 126 valence electrons. The van der Waals surface area contributed by atoms with E-state index in [9.17, 15) is 4.79 Å². The lowest BCUT2D eigenvalue weighted by Crippen LogP contribution is -2.37. The average Bonchev–Trinajstić information content (AvgIpc) is 2.63. The molecule has 0 spiro atoms. The van der Waals surface area contributed by atoms with Gasteiger partial charge in [-0.3, -0.25) is 4.79 Å². The number of benzene rings is 2. The number of methoxy groups -OCH3 is 3. The Kier molecular flexibility index (Phi) is 4.34. The van der Waals surface area contributed by atoms with Crippen molar-refractivity contribution in [1.82, 2.24) is 4.90 Å². The van der Waals surface area contributed by atoms with E-state index in [1.165, 1.54) is 0 Å². The zero-order valence-electron chi connectivity index (χ0n) is 14.3. The maximum Gasteiger partial charge on any atom is 0.254 e. The Hall–Kier alpha value is -2.69. The van der Waals surface area contributed by atoms with Crippen molar-refractivity contribution in [3.63, 3.8) is 0 Å². The third kappa shape index (κ3) is 2.66. The van der Waals surface area contributed by atoms with Crippen molar-refractivity contribution in [3.8, 4) is 17.2 Å². The monoisotopic (exact) mass is 327 g/mol. The van der Waals surface area contributed by atoms with Crippen molar-refractivity contribution in [3.05, 3.63) is 53.1 Å². The molecular weight excluding hydrogens is 306 g/mol. The first kappa shape index (κ1) is 16.2. The summed E-state index contributed by atoms with van der Waals surface area (Å²) in [7, 11) is 6.64. The van der Waals surface area contributed by atoms with Crippen LogP contribution in [0.4, 0.5) is 0 Å². The molecule has 3 rings (SSSR count). The summed E-state index contributed by atoms with van der Waals surface area (Å²) in [6, 6.07) is 11.6. The Morgan fingerprint density at radius 1 is 0.958 bits per heavy atom. The van der Waals surface area contributed by atoms with E-state index in [4.69, 9.17) is 14.2 Å². The Bertz CT molecular complexity index is 755. The normalized spacial score (nSPS) is 16.6. The molecule has 0 fully saturated rings. The van der Waals surface area contributed by atoms with Crippen LogP contribution in [-0.4, -0.2) is 45.7 Å². The zero-order valence-corrected chi connectivity index (χ0v) is 14.3. The Balaban J connectivity index is 2.12. The van der Waals surface area contributed by atoms with Crippen LogP contribution in [-0.2, 0) is 0 Å². The number of carbonyl (C=O) groups is 1. The summed E-state index contributed by atoms with van der Waals surface area (Å²) < 4.78 is 16.0. The van der Waals surface area contributed by atoms with Crippen molar-refractivity contribution >= 4 is 5.91 Å². The molecule has 5 heteroatoms. The van der Waals surface area contributed by atoms with E-state index in [-0.39, 0.29) is 11.8 Å². The first-order valence-corrected chi connectivity index (χ1v) is 7.74. The molecule has 0 radical (unpaired) electrons. The van der Waals surface area contributed by atoms with Crippen LogP contribution in [0.1, 0.15) is 27.4 Å². The second-order valence-corrected chi connectivity index (χ2v) is 5.81. The van der Waals surface area contributed by atoms with E-state index in [2.05, 4.69) is 0 Å². The van der Waals surface area contributed by atoms with Crippen LogP contribution in [0.15, 0.2) is 36.4 Å². The summed E-state index contributed by atoms with van der Waals surface area (Å²) in [6.07, 6.45) is 0. The zero-order chi connectivity index (χ0) is 17.3. The maximum atomic E-state index is 12.6. The number of amides is 1. The molecule has 5 nitrogen and oxygen atoms in total. The van der Waals surface area contributed by atoms with Gasteiger partial charge in [-0.05, 0) is 35.4 Å². The predicted octanol–water partition coefficient (Wildman–Crippen LogP) is 2.93. The van der Waals surface area contributed by atoms with Crippen LogP contribution < -0.4 is 14.2 Å². The quantitative estimate of drug-likeness (QED) is 0.866. The van der Waals surface area contributed by atoms with Crippen molar-refractivity contribution < 1.29 is 19.0 Å². The van der Waals surface area contributed by atoms with Crippen molar-refractivity contribution in [2.75, 3.05) is 34.9 Å². The highest BCUT2D eigenvalue weighted by molar-refractivity contribution is 5.98. The third-order valence-electron chi connectivity index (χ3n) is 4.48. The molecule has 2 aromatic carbocycles. The third-order valence-corrected chi connectivity index (χ3v) is 4.48. The molecule has 1 aliphatic rings. The summed E-state index contributed by atoms with van der Waals surface area (Å²) in [5.41, 5.74) is 2.74. The fourth-order valence-electron chi connectivity index (χ4n) is 3.15. The highest BCUT2D eigenvalue weighted by atomic mass is 16.5. The first-order chi connectivity index (χ1) is 11.6. The summed E-state index contributed by atoms with van der Waals surface area (Å²) in [5, 5.41) is 0. The summed E-state index contributed by atoms with van der Waals surface area (Å²) in [4.78, 5) is 14.3. The standard InChI is InChI=1S/C19H21NO4/c1-20-11-16(12-5-7-13(22-2)8-6-12)14-9-17(23-3)18(24-4)10-15(14)19(20)21/h5-10,16H,11H2,1-4H3. The molecule has 1 aliphatic heterocycles. The molecule has 1 amide bonds. The minimum absolute atomic E-state index is 0.00397. The van der Waals surface area contributed by atoms with E-state index in [1.807, 2.05) is 37.4 Å². The smallest absolute Gasteiger partial charge is 0.254 e. The lowest BCUT2D eigenvalue weighted by atomic mass is 9.84. The second-order valence-electron chi connectivity index (χ2n) is 5.81. The predicted molar refractivity (Wildman–Crippen MR) is 91.3 cm³/mol. The molecule has 24 heavy (non-hydrogen) atoms. The summed E-state index contributed by atoms with van der Waals surface area (Å²) in [6.45, 7) is 0.619. The molecule has 0 N–H and O–H groups in total. The number of ether oxygens (including phenoxy) is 3. The van der Waals surface area contributed by atoms with E-state index < -0.39 is 0 Å². The first-order valence-electron chi connectivity index (χ1n) is 7.74. The van der Waals surface area contributed by atoms with Crippen LogP contribution in [0.5, 0.6) is 17.2 Å². The van der Waals surface area contributed by atoms with Crippen molar-refractivity contribution in [1.29, 1.82) is 0 Å². The van der Waals surface area contributed by atoms with E-state index in [0.717, 1.165) is 16.9 Å². The summed E-state index contributed by atoms with van der Waals surface area (Å²) in [5.74, 6) is 2.08. The SMILES string of the molecule is COc1ccc(C2CN(C)C(=O)c3cc(OC)c(OC)cc32)cc1. The van der Waals surface area contributed by atoms with Gasteiger partial charge in [-0.1, -0.05) is 12.1 Å². The number of rotatable bonds is 4. The number of hydrogen-bond donors (Lipinski definition) is 0. The lowest BCUT2D eigenvalue weighted by molar-refractivity contribution is 0.0771. The fraction of sp³-hybridized carbons (Fsp3) is 0.316. The van der Waals surface area contributed by atoms with Crippen LogP contribution in [0.25, 0.3) is 0 Å². The van der Waals surface area contributed by atoms with E-state index in [1.54, 1.807) is 32.3 Å². The molecule has 0 aliphatic carbocycles. The van der Waals surface area contributed by atoms with Gasteiger partial charge in [0.2, 0.25) is 0 Å². The van der Waals surface area contributed by atoms with Crippen LogP contribution in [0, 0.1) is 0 Å². The Labute approximate surface area is 141 Å². The van der Waals surface area contributed by atoms with Gasteiger partial charge in [0.15, 0.2) is 11.5 Å². The van der Waals surface area contributed by atoms with Gasteiger partial charge in [0.05, 0.1) is 21.3 Å². The molecule has 1 unspecified atom stereocenters. The van der Waals surface area contributed by atoms with E-state index >= 15 is 0 Å². The molecule has 2 aromatic rings. The number of nitrogens with zero attached hydrogens (tertiary/aromatic N) is 1. The van der Waals surface area contributed by atoms with Crippen molar-refractivity contribution in [2.24, 2.45) is 0 Å². The largest absolute Gasteiger partial charge is 0.497 e. The number of likely N-dealkylation sites (N-methyl/N-ethyl adjacent to an activating group) is 1. The number of carbonyl (C=O) groups excluding carboxylic acids is 1. The molecule has 0 saturated carbocycles. The Morgan fingerprint density at radius 3 is 2.17 bits per heavy atom. The minimum Gasteiger partial charge on any atom is -0.497 e. The minimum atomic E-state index is -0.00397. The fourth-order valence-corrected chi connectivity index (χ4v) is 3.15. The van der Waals surface area contributed by atoms with Gasteiger partial charge in [-0.15, -0.1) is 0 Å². The van der Waals surface area contributed by atoms with Gasteiger partial charge in [0, 0.05) is 25.1 Å². The number of hydrogen-bond acceptors (Lipinski definition) is 4. The maximum absolute atomic E-state index is 12.6. The molecular formula is C19H21NO4. The summed E-state index contributed by atoms with van der Waals surface area (Å²) >= 11 is 0. The highest BCUT2D eigenvalue weighted by Crippen LogP contribution is 2.39. The van der Waals surface area contributed by atoms with Gasteiger partial charge >= 0.3 is 0 Å². The van der Waals surface area contributed by atoms with Crippen LogP contribution >= 0.6 is 0 Å².